The normalized spacial score (nSPS) is 14.1. The van der Waals surface area contributed by atoms with Gasteiger partial charge in [0.1, 0.15) is 0 Å². The number of hydrogen-bond donors (Lipinski definition) is 2. The Labute approximate surface area is 177 Å². The van der Waals surface area contributed by atoms with Crippen molar-refractivity contribution in [1.82, 2.24) is 14.5 Å². The van der Waals surface area contributed by atoms with Gasteiger partial charge in [-0.15, -0.1) is 0 Å². The third kappa shape index (κ3) is 2.93. The van der Waals surface area contributed by atoms with Crippen LogP contribution in [0.15, 0.2) is 60.9 Å². The highest BCUT2D eigenvalue weighted by molar-refractivity contribution is 6.50. The zero-order valence-electron chi connectivity index (χ0n) is 16.8. The van der Waals surface area contributed by atoms with Gasteiger partial charge in [-0.05, 0) is 12.1 Å². The summed E-state index contributed by atoms with van der Waals surface area (Å²) in [5.41, 5.74) is 3.73. The zero-order valence-corrected chi connectivity index (χ0v) is 16.8. The number of nitrogens with zero attached hydrogens (tertiary/aromatic N) is 2. The van der Waals surface area contributed by atoms with Gasteiger partial charge in [-0.2, -0.15) is 0 Å². The van der Waals surface area contributed by atoms with E-state index in [1.54, 1.807) is 6.20 Å². The summed E-state index contributed by atoms with van der Waals surface area (Å²) < 4.78 is 3.75. The predicted molar refractivity (Wildman–Crippen MR) is 117 cm³/mol. The van der Waals surface area contributed by atoms with Crippen molar-refractivity contribution in [3.63, 3.8) is 0 Å². The smallest absolute Gasteiger partial charge is 0.305 e. The Morgan fingerprint density at radius 1 is 0.871 bits per heavy atom. The lowest BCUT2D eigenvalue weighted by Gasteiger charge is -2.03. The molecular weight excluding hydrogens is 394 g/mol. The Morgan fingerprint density at radius 3 is 2.06 bits per heavy atom. The third-order valence-corrected chi connectivity index (χ3v) is 5.72. The molecule has 4 aromatic rings. The summed E-state index contributed by atoms with van der Waals surface area (Å²) in [4.78, 5) is 36.9. The Kier molecular flexibility index (Phi) is 4.25. The Balaban J connectivity index is 1.79. The molecule has 0 bridgehead atoms. The molecular formula is C24H19N3O4. The van der Waals surface area contributed by atoms with Gasteiger partial charge in [0.25, 0.3) is 11.8 Å². The fraction of sp³-hybridized carbons (Fsp3) is 0.125. The summed E-state index contributed by atoms with van der Waals surface area (Å²) in [7, 11) is 1.90. The molecule has 0 atom stereocenters. The van der Waals surface area contributed by atoms with Crippen molar-refractivity contribution in [2.24, 2.45) is 7.05 Å². The number of nitrogens with one attached hydrogen (secondary N) is 1. The van der Waals surface area contributed by atoms with E-state index in [-0.39, 0.29) is 13.0 Å². The first kappa shape index (κ1) is 18.9. The second-order valence-corrected chi connectivity index (χ2v) is 7.60. The first-order valence-electron chi connectivity index (χ1n) is 9.90. The molecule has 7 heteroatoms. The maximum atomic E-state index is 12.9. The lowest BCUT2D eigenvalue weighted by Crippen LogP contribution is -2.22. The van der Waals surface area contributed by atoms with Gasteiger partial charge in [-0.25, -0.2) is 0 Å². The minimum atomic E-state index is -0.899. The van der Waals surface area contributed by atoms with Crippen molar-refractivity contribution < 1.29 is 19.5 Å². The van der Waals surface area contributed by atoms with Crippen molar-refractivity contribution in [3.05, 3.63) is 72.1 Å². The first-order valence-corrected chi connectivity index (χ1v) is 9.90. The van der Waals surface area contributed by atoms with E-state index in [4.69, 9.17) is 5.11 Å². The summed E-state index contributed by atoms with van der Waals surface area (Å²) in [5, 5.41) is 13.2. The van der Waals surface area contributed by atoms with Crippen LogP contribution in [0.4, 0.5) is 0 Å². The maximum absolute atomic E-state index is 12.9. The summed E-state index contributed by atoms with van der Waals surface area (Å²) >= 11 is 0. The molecule has 1 aliphatic heterocycles. The average Bonchev–Trinajstić information content (AvgIpc) is 3.37. The second kappa shape index (κ2) is 6.98. The lowest BCUT2D eigenvalue weighted by atomic mass is 9.95. The van der Waals surface area contributed by atoms with Gasteiger partial charge in [-0.1, -0.05) is 36.4 Å². The number of fused-ring (bicyclic) bond motifs is 2. The highest BCUT2D eigenvalue weighted by Gasteiger charge is 2.35. The zero-order chi connectivity index (χ0) is 21.7. The first-order chi connectivity index (χ1) is 15.0. The number of rotatable bonds is 5. The van der Waals surface area contributed by atoms with Crippen molar-refractivity contribution in [3.8, 4) is 0 Å². The topological polar surface area (TPSA) is 93.3 Å². The molecule has 2 N–H and O–H groups in total. The highest BCUT2D eigenvalue weighted by Crippen LogP contribution is 2.38. The molecule has 2 amide bonds. The van der Waals surface area contributed by atoms with E-state index in [1.165, 1.54) is 0 Å². The van der Waals surface area contributed by atoms with E-state index >= 15 is 0 Å². The number of carbonyl (C=O) groups excluding carboxylic acids is 2. The molecule has 0 unspecified atom stereocenters. The second-order valence-electron chi connectivity index (χ2n) is 7.60. The molecule has 0 aliphatic carbocycles. The largest absolute Gasteiger partial charge is 0.481 e. The molecule has 31 heavy (non-hydrogen) atoms. The van der Waals surface area contributed by atoms with Crippen LogP contribution in [0, 0.1) is 0 Å². The number of amides is 2. The third-order valence-electron chi connectivity index (χ3n) is 5.72. The number of aryl methyl sites for hydroxylation is 2. The number of carboxylic acid groups (broad SMARTS) is 1. The number of para-hydroxylation sites is 2. The van der Waals surface area contributed by atoms with Gasteiger partial charge in [0.2, 0.25) is 0 Å². The number of hydrogen-bond acceptors (Lipinski definition) is 3. The van der Waals surface area contributed by atoms with Gasteiger partial charge in [0.15, 0.2) is 0 Å². The number of carbonyl (C=O) groups is 3. The molecule has 2 aromatic carbocycles. The SMILES string of the molecule is Cn1cc(C2=C(c3cn(CCC(=O)O)c4ccccc34)C(=O)NC2=O)c2ccccc21. The van der Waals surface area contributed by atoms with Crippen molar-refractivity contribution in [2.45, 2.75) is 13.0 Å². The molecule has 2 aromatic heterocycles. The summed E-state index contributed by atoms with van der Waals surface area (Å²) in [6, 6.07) is 15.2. The van der Waals surface area contributed by atoms with E-state index in [1.807, 2.05) is 70.9 Å². The van der Waals surface area contributed by atoms with Crippen LogP contribution in [0.1, 0.15) is 17.5 Å². The standard InChI is InChI=1S/C24H19N3O4/c1-26-12-16(14-6-2-4-8-18(14)26)21-22(24(31)25-23(21)30)17-13-27(11-10-20(28)29)19-9-5-3-7-15(17)19/h2-9,12-13H,10-11H2,1H3,(H,28,29)(H,25,30,31). The van der Waals surface area contributed by atoms with Crippen molar-refractivity contribution >= 4 is 50.7 Å². The van der Waals surface area contributed by atoms with Gasteiger partial charge in [0, 0.05) is 58.9 Å². The molecule has 0 saturated heterocycles. The molecule has 5 rings (SSSR count). The van der Waals surface area contributed by atoms with E-state index < -0.39 is 17.8 Å². The van der Waals surface area contributed by atoms with Crippen LogP contribution in [0.25, 0.3) is 33.0 Å². The Morgan fingerprint density at radius 2 is 1.42 bits per heavy atom. The monoisotopic (exact) mass is 413 g/mol. The molecule has 0 radical (unpaired) electrons. The van der Waals surface area contributed by atoms with Crippen LogP contribution >= 0.6 is 0 Å². The Bertz CT molecular complexity index is 1440. The number of aliphatic carboxylic acids is 1. The fourth-order valence-corrected chi connectivity index (χ4v) is 4.36. The van der Waals surface area contributed by atoms with Crippen LogP contribution in [0.3, 0.4) is 0 Å². The van der Waals surface area contributed by atoms with Crippen LogP contribution < -0.4 is 5.32 Å². The van der Waals surface area contributed by atoms with Crippen LogP contribution in [-0.2, 0) is 28.0 Å². The number of benzene rings is 2. The quantitative estimate of drug-likeness (QED) is 0.492. The van der Waals surface area contributed by atoms with Gasteiger partial charge >= 0.3 is 5.97 Å². The minimum Gasteiger partial charge on any atom is -0.481 e. The number of imide groups is 1. The number of carboxylic acids is 1. The van der Waals surface area contributed by atoms with Crippen LogP contribution in [0.5, 0.6) is 0 Å². The van der Waals surface area contributed by atoms with E-state index in [2.05, 4.69) is 5.32 Å². The molecule has 154 valence electrons. The van der Waals surface area contributed by atoms with E-state index in [0.29, 0.717) is 22.3 Å². The summed E-state index contributed by atoms with van der Waals surface area (Å²) in [6.45, 7) is 0.266. The Hall–Kier alpha value is -4.13. The van der Waals surface area contributed by atoms with Gasteiger partial charge in [0.05, 0.1) is 17.6 Å². The molecule has 0 spiro atoms. The molecule has 0 saturated carbocycles. The summed E-state index contributed by atoms with van der Waals surface area (Å²) in [6.07, 6.45) is 3.59. The van der Waals surface area contributed by atoms with Crippen LogP contribution in [-0.4, -0.2) is 32.0 Å². The maximum Gasteiger partial charge on any atom is 0.305 e. The lowest BCUT2D eigenvalue weighted by molar-refractivity contribution is -0.137. The van der Waals surface area contributed by atoms with Crippen molar-refractivity contribution in [2.75, 3.05) is 0 Å². The van der Waals surface area contributed by atoms with Crippen LogP contribution in [0.2, 0.25) is 0 Å². The van der Waals surface area contributed by atoms with Gasteiger partial charge in [-0.3, -0.25) is 19.7 Å². The minimum absolute atomic E-state index is 0.0432. The molecule has 0 fully saturated rings. The average molecular weight is 413 g/mol. The van der Waals surface area contributed by atoms with Crippen molar-refractivity contribution in [1.29, 1.82) is 0 Å². The molecule has 3 heterocycles. The number of aromatic nitrogens is 2. The van der Waals surface area contributed by atoms with E-state index in [0.717, 1.165) is 21.8 Å². The summed E-state index contributed by atoms with van der Waals surface area (Å²) in [5.74, 6) is -1.78. The fourth-order valence-electron chi connectivity index (χ4n) is 4.36. The predicted octanol–water partition coefficient (Wildman–Crippen LogP) is 3.17. The molecule has 1 aliphatic rings. The molecule has 7 nitrogen and oxygen atoms in total. The van der Waals surface area contributed by atoms with E-state index in [9.17, 15) is 14.4 Å². The highest BCUT2D eigenvalue weighted by atomic mass is 16.4. The van der Waals surface area contributed by atoms with Gasteiger partial charge < -0.3 is 14.2 Å².